The molecule has 0 unspecified atom stereocenters. The SMILES string of the molecule is COC(=O)c1ccc2c(=O)c3cc(C(=O)OC)ccc3oc2c1. The van der Waals surface area contributed by atoms with Crippen molar-refractivity contribution in [3.63, 3.8) is 0 Å². The molecule has 1 aromatic heterocycles. The van der Waals surface area contributed by atoms with Crippen LogP contribution in [0.4, 0.5) is 0 Å². The van der Waals surface area contributed by atoms with Gasteiger partial charge in [-0.1, -0.05) is 0 Å². The largest absolute Gasteiger partial charge is 0.465 e. The second-order valence-corrected chi connectivity index (χ2v) is 4.84. The lowest BCUT2D eigenvalue weighted by Crippen LogP contribution is -2.07. The normalized spacial score (nSPS) is 10.7. The molecule has 0 radical (unpaired) electrons. The van der Waals surface area contributed by atoms with E-state index in [1.54, 1.807) is 0 Å². The van der Waals surface area contributed by atoms with Crippen LogP contribution < -0.4 is 5.43 Å². The molecule has 0 aliphatic heterocycles. The molecule has 116 valence electrons. The number of rotatable bonds is 2. The fourth-order valence-corrected chi connectivity index (χ4v) is 2.34. The summed E-state index contributed by atoms with van der Waals surface area (Å²) in [5, 5.41) is 0.582. The van der Waals surface area contributed by atoms with Crippen molar-refractivity contribution in [1.29, 1.82) is 0 Å². The maximum absolute atomic E-state index is 12.6. The molecule has 0 fully saturated rings. The van der Waals surface area contributed by atoms with Crippen LogP contribution in [0.2, 0.25) is 0 Å². The van der Waals surface area contributed by atoms with Crippen molar-refractivity contribution in [3.8, 4) is 0 Å². The molecule has 6 nitrogen and oxygen atoms in total. The van der Waals surface area contributed by atoms with Crippen molar-refractivity contribution in [1.82, 2.24) is 0 Å². The lowest BCUT2D eigenvalue weighted by molar-refractivity contribution is 0.0592. The summed E-state index contributed by atoms with van der Waals surface area (Å²) < 4.78 is 15.0. The summed E-state index contributed by atoms with van der Waals surface area (Å²) in [7, 11) is 2.54. The van der Waals surface area contributed by atoms with Gasteiger partial charge in [0.25, 0.3) is 0 Å². The zero-order valence-electron chi connectivity index (χ0n) is 12.4. The number of esters is 2. The third kappa shape index (κ3) is 2.44. The number of hydrogen-bond acceptors (Lipinski definition) is 6. The summed E-state index contributed by atoms with van der Waals surface area (Å²) in [5.41, 5.74) is 0.850. The van der Waals surface area contributed by atoms with Gasteiger partial charge in [0.2, 0.25) is 5.43 Å². The quantitative estimate of drug-likeness (QED) is 0.534. The Morgan fingerprint density at radius 1 is 0.826 bits per heavy atom. The molecule has 6 heteroatoms. The predicted octanol–water partition coefficient (Wildman–Crippen LogP) is 2.52. The van der Waals surface area contributed by atoms with Gasteiger partial charge in [0.1, 0.15) is 11.2 Å². The smallest absolute Gasteiger partial charge is 0.337 e. The molecule has 3 aromatic rings. The number of hydrogen-bond donors (Lipinski definition) is 0. The van der Waals surface area contributed by atoms with Gasteiger partial charge >= 0.3 is 11.9 Å². The van der Waals surface area contributed by atoms with E-state index in [-0.39, 0.29) is 27.5 Å². The van der Waals surface area contributed by atoms with Crippen molar-refractivity contribution < 1.29 is 23.5 Å². The fraction of sp³-hybridized carbons (Fsp3) is 0.118. The zero-order valence-corrected chi connectivity index (χ0v) is 12.4. The van der Waals surface area contributed by atoms with Gasteiger partial charge in [-0.2, -0.15) is 0 Å². The van der Waals surface area contributed by atoms with Gasteiger partial charge in [-0.25, -0.2) is 9.59 Å². The molecule has 3 rings (SSSR count). The molecule has 0 atom stereocenters. The molecule has 0 saturated carbocycles. The highest BCUT2D eigenvalue weighted by molar-refractivity contribution is 5.98. The molecule has 23 heavy (non-hydrogen) atoms. The standard InChI is InChI=1S/C17H12O6/c1-21-16(19)9-4-6-13-12(7-9)15(18)11-5-3-10(17(20)22-2)8-14(11)23-13/h3-8H,1-2H3. The Morgan fingerprint density at radius 2 is 1.43 bits per heavy atom. The van der Waals surface area contributed by atoms with Gasteiger partial charge in [0, 0.05) is 0 Å². The first-order valence-electron chi connectivity index (χ1n) is 6.72. The minimum atomic E-state index is -0.535. The van der Waals surface area contributed by atoms with Crippen molar-refractivity contribution in [2.75, 3.05) is 14.2 Å². The van der Waals surface area contributed by atoms with Gasteiger partial charge in [-0.3, -0.25) is 4.79 Å². The van der Waals surface area contributed by atoms with E-state index in [4.69, 9.17) is 4.42 Å². The highest BCUT2D eigenvalue weighted by atomic mass is 16.5. The first-order valence-corrected chi connectivity index (χ1v) is 6.72. The molecular weight excluding hydrogens is 300 g/mol. The zero-order chi connectivity index (χ0) is 16.6. The number of carbonyl (C=O) groups is 2. The van der Waals surface area contributed by atoms with Gasteiger partial charge in [0.05, 0.1) is 36.1 Å². The van der Waals surface area contributed by atoms with Crippen LogP contribution in [0.25, 0.3) is 21.9 Å². The van der Waals surface area contributed by atoms with Crippen LogP contribution in [0.5, 0.6) is 0 Å². The number of methoxy groups -OCH3 is 2. The summed E-state index contributed by atoms with van der Waals surface area (Å²) in [6.07, 6.45) is 0. The lowest BCUT2D eigenvalue weighted by Gasteiger charge is -2.05. The Balaban J connectivity index is 2.28. The summed E-state index contributed by atoms with van der Waals surface area (Å²) in [5.74, 6) is -1.05. The highest BCUT2D eigenvalue weighted by Gasteiger charge is 2.14. The van der Waals surface area contributed by atoms with E-state index in [1.807, 2.05) is 0 Å². The number of fused-ring (bicyclic) bond motifs is 2. The minimum absolute atomic E-state index is 0.262. The second kappa shape index (κ2) is 5.57. The Hall–Kier alpha value is -3.15. The van der Waals surface area contributed by atoms with E-state index in [2.05, 4.69) is 9.47 Å². The fourth-order valence-electron chi connectivity index (χ4n) is 2.34. The molecule has 0 aliphatic rings. The maximum Gasteiger partial charge on any atom is 0.337 e. The first kappa shape index (κ1) is 14.8. The molecule has 2 aromatic carbocycles. The third-order valence-corrected chi connectivity index (χ3v) is 3.51. The topological polar surface area (TPSA) is 82.8 Å². The van der Waals surface area contributed by atoms with Crippen LogP contribution in [0.3, 0.4) is 0 Å². The van der Waals surface area contributed by atoms with E-state index in [0.29, 0.717) is 11.0 Å². The second-order valence-electron chi connectivity index (χ2n) is 4.84. The van der Waals surface area contributed by atoms with Crippen molar-refractivity contribution >= 4 is 33.9 Å². The molecule has 0 spiro atoms. The molecule has 1 heterocycles. The first-order chi connectivity index (χ1) is 11.0. The maximum atomic E-state index is 12.6. The van der Waals surface area contributed by atoms with Crippen molar-refractivity contribution in [3.05, 3.63) is 57.7 Å². The van der Waals surface area contributed by atoms with E-state index in [0.717, 1.165) is 0 Å². The summed E-state index contributed by atoms with van der Waals surface area (Å²) in [4.78, 5) is 35.7. The van der Waals surface area contributed by atoms with Gasteiger partial charge in [0.15, 0.2) is 0 Å². The van der Waals surface area contributed by atoms with Crippen molar-refractivity contribution in [2.45, 2.75) is 0 Å². The lowest BCUT2D eigenvalue weighted by atomic mass is 10.1. The Bertz CT molecular complexity index is 999. The summed E-state index contributed by atoms with van der Waals surface area (Å²) in [6, 6.07) is 8.90. The van der Waals surface area contributed by atoms with Crippen LogP contribution in [0.1, 0.15) is 20.7 Å². The number of ether oxygens (including phenoxy) is 2. The average Bonchev–Trinajstić information content (AvgIpc) is 2.59. The van der Waals surface area contributed by atoms with Gasteiger partial charge in [-0.15, -0.1) is 0 Å². The Labute approximate surface area is 130 Å². The van der Waals surface area contributed by atoms with E-state index in [1.165, 1.54) is 50.6 Å². The van der Waals surface area contributed by atoms with Crippen LogP contribution in [0, 0.1) is 0 Å². The monoisotopic (exact) mass is 312 g/mol. The van der Waals surface area contributed by atoms with E-state index >= 15 is 0 Å². The molecular formula is C17H12O6. The Morgan fingerprint density at radius 3 is 2.09 bits per heavy atom. The van der Waals surface area contributed by atoms with Gasteiger partial charge in [-0.05, 0) is 36.4 Å². The summed E-state index contributed by atoms with van der Waals surface area (Å²) in [6.45, 7) is 0. The molecule has 0 bridgehead atoms. The van der Waals surface area contributed by atoms with E-state index in [9.17, 15) is 14.4 Å². The molecule has 0 saturated heterocycles. The summed E-state index contributed by atoms with van der Waals surface area (Å²) >= 11 is 0. The van der Waals surface area contributed by atoms with Crippen LogP contribution >= 0.6 is 0 Å². The van der Waals surface area contributed by atoms with Gasteiger partial charge < -0.3 is 13.9 Å². The average molecular weight is 312 g/mol. The van der Waals surface area contributed by atoms with Crippen LogP contribution in [-0.4, -0.2) is 26.2 Å². The van der Waals surface area contributed by atoms with Crippen LogP contribution in [0.15, 0.2) is 45.6 Å². The van der Waals surface area contributed by atoms with Crippen LogP contribution in [-0.2, 0) is 9.47 Å². The number of benzene rings is 2. The Kier molecular flexibility index (Phi) is 3.57. The predicted molar refractivity (Wildman–Crippen MR) is 82.7 cm³/mol. The van der Waals surface area contributed by atoms with Crippen molar-refractivity contribution in [2.24, 2.45) is 0 Å². The number of carbonyl (C=O) groups excluding carboxylic acids is 2. The molecule has 0 aliphatic carbocycles. The third-order valence-electron chi connectivity index (χ3n) is 3.51. The molecule has 0 N–H and O–H groups in total. The molecule has 0 amide bonds. The van der Waals surface area contributed by atoms with E-state index < -0.39 is 11.9 Å². The minimum Gasteiger partial charge on any atom is -0.465 e. The highest BCUT2D eigenvalue weighted by Crippen LogP contribution is 2.21.